The number of hydrazine groups is 1. The number of thiophene rings is 1. The summed E-state index contributed by atoms with van der Waals surface area (Å²) >= 11 is 1.28. The standard InChI is InChI=1S/C24H20N2O5S/c1-3-15-6-9-17(10-7-15)26-23(28)18(22(27)25-26)13-16-8-11-19(20(14-16)30-2)31-24(29)21-5-4-12-32-21/h4-14H,3H2,1-2H3,(H,25,27)/b18-13-. The molecule has 0 atom stereocenters. The van der Waals surface area contributed by atoms with Gasteiger partial charge in [0, 0.05) is 0 Å². The van der Waals surface area contributed by atoms with Gasteiger partial charge in [0.15, 0.2) is 11.5 Å². The van der Waals surface area contributed by atoms with Crippen LogP contribution in [0.4, 0.5) is 5.69 Å². The van der Waals surface area contributed by atoms with Crippen molar-refractivity contribution in [1.29, 1.82) is 0 Å². The molecule has 162 valence electrons. The summed E-state index contributed by atoms with van der Waals surface area (Å²) in [5.74, 6) is -0.886. The van der Waals surface area contributed by atoms with Crippen molar-refractivity contribution in [2.24, 2.45) is 0 Å². The zero-order valence-corrected chi connectivity index (χ0v) is 18.3. The SMILES string of the molecule is CCc1ccc(N2NC(=O)/C(=C/c3ccc(OC(=O)c4cccs4)c(OC)c3)C2=O)cc1. The lowest BCUT2D eigenvalue weighted by Gasteiger charge is -2.14. The van der Waals surface area contributed by atoms with Crippen molar-refractivity contribution < 1.29 is 23.9 Å². The number of nitrogens with one attached hydrogen (secondary N) is 1. The predicted octanol–water partition coefficient (Wildman–Crippen LogP) is 4.00. The second-order valence-electron chi connectivity index (χ2n) is 6.94. The number of amides is 2. The predicted molar refractivity (Wildman–Crippen MR) is 122 cm³/mol. The number of anilines is 1. The second kappa shape index (κ2) is 9.07. The van der Waals surface area contributed by atoms with Gasteiger partial charge in [0.25, 0.3) is 11.8 Å². The van der Waals surface area contributed by atoms with E-state index < -0.39 is 17.8 Å². The third-order valence-electron chi connectivity index (χ3n) is 4.92. The van der Waals surface area contributed by atoms with Crippen LogP contribution in [0.15, 0.2) is 65.6 Å². The molecule has 1 aliphatic heterocycles. The van der Waals surface area contributed by atoms with Crippen LogP contribution in [0.5, 0.6) is 11.5 Å². The van der Waals surface area contributed by atoms with Gasteiger partial charge in [-0.3, -0.25) is 15.0 Å². The van der Waals surface area contributed by atoms with Gasteiger partial charge in [-0.05, 0) is 59.3 Å². The largest absolute Gasteiger partial charge is 0.493 e. The van der Waals surface area contributed by atoms with E-state index in [4.69, 9.17) is 9.47 Å². The summed E-state index contributed by atoms with van der Waals surface area (Å²) in [7, 11) is 1.45. The maximum absolute atomic E-state index is 12.8. The molecular weight excluding hydrogens is 428 g/mol. The van der Waals surface area contributed by atoms with Crippen molar-refractivity contribution in [2.75, 3.05) is 12.1 Å². The van der Waals surface area contributed by atoms with Gasteiger partial charge < -0.3 is 9.47 Å². The van der Waals surface area contributed by atoms with Crippen LogP contribution in [-0.2, 0) is 16.0 Å². The Morgan fingerprint density at radius 3 is 2.53 bits per heavy atom. The lowest BCUT2D eigenvalue weighted by Crippen LogP contribution is -2.35. The Labute approximate surface area is 188 Å². The van der Waals surface area contributed by atoms with Crippen molar-refractivity contribution in [3.8, 4) is 11.5 Å². The quantitative estimate of drug-likeness (QED) is 0.267. The average molecular weight is 449 g/mol. The number of ether oxygens (including phenoxy) is 2. The Morgan fingerprint density at radius 1 is 1.09 bits per heavy atom. The fraction of sp³-hybridized carbons (Fsp3) is 0.125. The van der Waals surface area contributed by atoms with Crippen molar-refractivity contribution in [1.82, 2.24) is 5.43 Å². The zero-order chi connectivity index (χ0) is 22.7. The molecule has 4 rings (SSSR count). The summed E-state index contributed by atoms with van der Waals surface area (Å²) in [4.78, 5) is 38.0. The highest BCUT2D eigenvalue weighted by atomic mass is 32.1. The molecule has 0 radical (unpaired) electrons. The van der Waals surface area contributed by atoms with Crippen LogP contribution in [0.3, 0.4) is 0 Å². The number of aryl methyl sites for hydroxylation is 1. The normalized spacial score (nSPS) is 14.6. The smallest absolute Gasteiger partial charge is 0.353 e. The second-order valence-corrected chi connectivity index (χ2v) is 7.88. The van der Waals surface area contributed by atoms with Gasteiger partial charge in [-0.15, -0.1) is 11.3 Å². The molecule has 3 aromatic rings. The number of benzene rings is 2. The van der Waals surface area contributed by atoms with Crippen LogP contribution < -0.4 is 19.9 Å². The average Bonchev–Trinajstić information content (AvgIpc) is 3.45. The van der Waals surface area contributed by atoms with Crippen LogP contribution in [0.25, 0.3) is 6.08 Å². The van der Waals surface area contributed by atoms with Crippen LogP contribution in [0.2, 0.25) is 0 Å². The van der Waals surface area contributed by atoms with E-state index in [-0.39, 0.29) is 11.3 Å². The maximum atomic E-state index is 12.8. The molecule has 0 unspecified atom stereocenters. The Balaban J connectivity index is 1.56. The molecule has 1 saturated heterocycles. The van der Waals surface area contributed by atoms with Gasteiger partial charge in [-0.2, -0.15) is 0 Å². The van der Waals surface area contributed by atoms with E-state index >= 15 is 0 Å². The minimum absolute atomic E-state index is 0.00467. The molecule has 0 spiro atoms. The highest BCUT2D eigenvalue weighted by Crippen LogP contribution is 2.31. The lowest BCUT2D eigenvalue weighted by atomic mass is 10.1. The molecule has 0 saturated carbocycles. The number of hydrogen-bond acceptors (Lipinski definition) is 6. The summed E-state index contributed by atoms with van der Waals surface area (Å²) in [5.41, 5.74) is 4.85. The molecule has 7 nitrogen and oxygen atoms in total. The molecule has 1 aromatic heterocycles. The number of carbonyl (C=O) groups is 3. The molecular formula is C24H20N2O5S. The summed E-state index contributed by atoms with van der Waals surface area (Å²) < 4.78 is 10.7. The molecule has 2 amide bonds. The highest BCUT2D eigenvalue weighted by Gasteiger charge is 2.34. The molecule has 0 aliphatic carbocycles. The van der Waals surface area contributed by atoms with E-state index in [0.29, 0.717) is 21.9 Å². The van der Waals surface area contributed by atoms with Gasteiger partial charge >= 0.3 is 5.97 Å². The molecule has 1 aliphatic rings. The van der Waals surface area contributed by atoms with Gasteiger partial charge in [0.05, 0.1) is 12.8 Å². The number of nitrogens with zero attached hydrogens (tertiary/aromatic N) is 1. The van der Waals surface area contributed by atoms with Gasteiger partial charge in [-0.1, -0.05) is 31.2 Å². The van der Waals surface area contributed by atoms with Crippen molar-refractivity contribution in [3.05, 3.63) is 81.6 Å². The van der Waals surface area contributed by atoms with E-state index in [2.05, 4.69) is 5.43 Å². The van der Waals surface area contributed by atoms with E-state index in [0.717, 1.165) is 12.0 Å². The van der Waals surface area contributed by atoms with E-state index in [9.17, 15) is 14.4 Å². The fourth-order valence-electron chi connectivity index (χ4n) is 3.19. The summed E-state index contributed by atoms with van der Waals surface area (Å²) in [6, 6.07) is 15.7. The first-order chi connectivity index (χ1) is 15.5. The number of hydrogen-bond donors (Lipinski definition) is 1. The summed E-state index contributed by atoms with van der Waals surface area (Å²) in [5, 5.41) is 3.01. The van der Waals surface area contributed by atoms with Crippen LogP contribution in [-0.4, -0.2) is 24.9 Å². The van der Waals surface area contributed by atoms with Crippen LogP contribution in [0.1, 0.15) is 27.7 Å². The molecule has 1 N–H and O–H groups in total. The monoisotopic (exact) mass is 448 g/mol. The van der Waals surface area contributed by atoms with E-state index in [1.165, 1.54) is 29.5 Å². The number of methoxy groups -OCH3 is 1. The molecule has 2 heterocycles. The number of carbonyl (C=O) groups excluding carboxylic acids is 3. The first kappa shape index (κ1) is 21.3. The molecule has 0 bridgehead atoms. The molecule has 1 fully saturated rings. The highest BCUT2D eigenvalue weighted by molar-refractivity contribution is 7.12. The molecule has 32 heavy (non-hydrogen) atoms. The van der Waals surface area contributed by atoms with E-state index in [1.54, 1.807) is 47.8 Å². The lowest BCUT2D eigenvalue weighted by molar-refractivity contribution is -0.117. The van der Waals surface area contributed by atoms with Crippen molar-refractivity contribution in [3.63, 3.8) is 0 Å². The number of rotatable bonds is 6. The number of esters is 1. The van der Waals surface area contributed by atoms with Gasteiger partial charge in [0.2, 0.25) is 0 Å². The van der Waals surface area contributed by atoms with Gasteiger partial charge in [-0.25, -0.2) is 9.80 Å². The third kappa shape index (κ3) is 4.26. The molecule has 2 aromatic carbocycles. The Kier molecular flexibility index (Phi) is 6.04. The molecule has 8 heteroatoms. The Morgan fingerprint density at radius 2 is 1.88 bits per heavy atom. The maximum Gasteiger partial charge on any atom is 0.353 e. The summed E-state index contributed by atoms with van der Waals surface area (Å²) in [6.45, 7) is 2.04. The topological polar surface area (TPSA) is 84.9 Å². The van der Waals surface area contributed by atoms with Crippen molar-refractivity contribution >= 4 is 40.9 Å². The van der Waals surface area contributed by atoms with Crippen LogP contribution >= 0.6 is 11.3 Å². The first-order valence-electron chi connectivity index (χ1n) is 9.90. The van der Waals surface area contributed by atoms with Crippen molar-refractivity contribution in [2.45, 2.75) is 13.3 Å². The zero-order valence-electron chi connectivity index (χ0n) is 17.5. The minimum Gasteiger partial charge on any atom is -0.493 e. The minimum atomic E-state index is -0.498. The van der Waals surface area contributed by atoms with Crippen LogP contribution in [0, 0.1) is 0 Å². The Bertz CT molecular complexity index is 1200. The third-order valence-corrected chi connectivity index (χ3v) is 5.77. The fourth-order valence-corrected chi connectivity index (χ4v) is 3.79. The Hall–Kier alpha value is -3.91. The van der Waals surface area contributed by atoms with Gasteiger partial charge in [0.1, 0.15) is 10.5 Å². The summed E-state index contributed by atoms with van der Waals surface area (Å²) in [6.07, 6.45) is 2.36. The van der Waals surface area contributed by atoms with E-state index in [1.807, 2.05) is 19.1 Å². The first-order valence-corrected chi connectivity index (χ1v) is 10.8.